The molecule has 2 aromatic heterocycles. The maximum Gasteiger partial charge on any atom is 0.272 e. The summed E-state index contributed by atoms with van der Waals surface area (Å²) in [7, 11) is 5.61. The molecule has 8 nitrogen and oxygen atoms in total. The van der Waals surface area contributed by atoms with Crippen LogP contribution in [0.5, 0.6) is 0 Å². The summed E-state index contributed by atoms with van der Waals surface area (Å²) in [5, 5.41) is 7.31. The molecule has 3 rings (SSSR count). The molecule has 1 N–H and O–H groups in total. The second-order valence-electron chi connectivity index (χ2n) is 7.71. The minimum absolute atomic E-state index is 0.00295. The van der Waals surface area contributed by atoms with Gasteiger partial charge in [0.1, 0.15) is 5.70 Å². The summed E-state index contributed by atoms with van der Waals surface area (Å²) in [5.41, 5.74) is 2.13. The number of carbonyl (C=O) groups is 2. The number of carbonyl (C=O) groups excluding carboxylic acids is 2. The molecule has 1 aliphatic rings. The number of anilines is 2. The number of aromatic nitrogens is 3. The first-order chi connectivity index (χ1) is 14.3. The van der Waals surface area contributed by atoms with Crippen molar-refractivity contribution in [2.45, 2.75) is 45.6 Å². The fourth-order valence-electron chi connectivity index (χ4n) is 3.49. The van der Waals surface area contributed by atoms with E-state index < -0.39 is 0 Å². The number of nitrogens with one attached hydrogen (secondary N) is 1. The predicted molar refractivity (Wildman–Crippen MR) is 118 cm³/mol. The van der Waals surface area contributed by atoms with Crippen molar-refractivity contribution in [3.63, 3.8) is 0 Å². The summed E-state index contributed by atoms with van der Waals surface area (Å²) in [6, 6.07) is 3.62. The van der Waals surface area contributed by atoms with Crippen molar-refractivity contribution < 1.29 is 9.59 Å². The van der Waals surface area contributed by atoms with E-state index in [1.807, 2.05) is 50.0 Å². The summed E-state index contributed by atoms with van der Waals surface area (Å²) >= 11 is 0. The molecule has 0 aromatic carbocycles. The molecule has 0 saturated carbocycles. The number of Topliss-reactive ketones (excluding diaryl/α,β-unsaturated/α-hetero) is 1. The lowest BCUT2D eigenvalue weighted by Gasteiger charge is -2.33. The van der Waals surface area contributed by atoms with E-state index in [0.717, 1.165) is 19.3 Å². The largest absolute Gasteiger partial charge is 0.363 e. The number of unbranched alkanes of at least 4 members (excludes halogenated alkanes) is 1. The molecule has 8 heteroatoms. The van der Waals surface area contributed by atoms with Crippen molar-refractivity contribution in [1.82, 2.24) is 19.5 Å². The molecule has 0 spiro atoms. The Morgan fingerprint density at radius 1 is 1.27 bits per heavy atom. The van der Waals surface area contributed by atoms with Gasteiger partial charge in [0, 0.05) is 57.1 Å². The lowest BCUT2D eigenvalue weighted by atomic mass is 9.96. The van der Waals surface area contributed by atoms with Crippen molar-refractivity contribution in [3.8, 4) is 0 Å². The molecule has 0 aliphatic carbocycles. The van der Waals surface area contributed by atoms with E-state index in [4.69, 9.17) is 0 Å². The van der Waals surface area contributed by atoms with Crippen LogP contribution < -0.4 is 10.2 Å². The minimum atomic E-state index is -0.295. The molecule has 3 heterocycles. The highest BCUT2D eigenvalue weighted by molar-refractivity contribution is 6.11. The van der Waals surface area contributed by atoms with Crippen molar-refractivity contribution in [2.75, 3.05) is 31.4 Å². The zero-order chi connectivity index (χ0) is 21.8. The van der Waals surface area contributed by atoms with Crippen molar-refractivity contribution in [3.05, 3.63) is 41.8 Å². The third-order valence-electron chi connectivity index (χ3n) is 5.27. The molecule has 160 valence electrons. The Hall–Kier alpha value is -3.16. The number of pyridine rings is 1. The van der Waals surface area contributed by atoms with Gasteiger partial charge in [0.05, 0.1) is 0 Å². The van der Waals surface area contributed by atoms with Gasteiger partial charge in [-0.3, -0.25) is 9.59 Å². The molecule has 0 bridgehead atoms. The Morgan fingerprint density at radius 3 is 2.70 bits per heavy atom. The molecule has 1 amide bonds. The highest BCUT2D eigenvalue weighted by Gasteiger charge is 2.29. The van der Waals surface area contributed by atoms with Gasteiger partial charge in [-0.2, -0.15) is 4.98 Å². The number of likely N-dealkylation sites (N-methyl/N-ethyl adjacent to an activating group) is 1. The Balaban J connectivity index is 1.91. The van der Waals surface area contributed by atoms with Gasteiger partial charge in [-0.05, 0) is 18.9 Å². The maximum atomic E-state index is 13.2. The molecule has 0 fully saturated rings. The van der Waals surface area contributed by atoms with Crippen molar-refractivity contribution in [1.29, 1.82) is 0 Å². The molecule has 30 heavy (non-hydrogen) atoms. The fraction of sp³-hybridized carbons (Fsp3) is 0.455. The molecule has 0 radical (unpaired) electrons. The van der Waals surface area contributed by atoms with Crippen LogP contribution in [-0.2, 0) is 9.59 Å². The number of hydrogen-bond acceptors (Lipinski definition) is 6. The van der Waals surface area contributed by atoms with Crippen LogP contribution in [0.25, 0.3) is 5.65 Å². The van der Waals surface area contributed by atoms with E-state index in [0.29, 0.717) is 35.0 Å². The Morgan fingerprint density at radius 2 is 2.03 bits per heavy atom. The second kappa shape index (κ2) is 9.11. The summed E-state index contributed by atoms with van der Waals surface area (Å²) in [5.74, 6) is 0.299. The van der Waals surface area contributed by atoms with E-state index in [-0.39, 0.29) is 17.7 Å². The highest BCUT2D eigenvalue weighted by atomic mass is 16.2. The van der Waals surface area contributed by atoms with Crippen molar-refractivity contribution in [2.24, 2.45) is 0 Å². The van der Waals surface area contributed by atoms with Crippen LogP contribution in [0, 0.1) is 0 Å². The third kappa shape index (κ3) is 4.37. The van der Waals surface area contributed by atoms with Gasteiger partial charge < -0.3 is 15.1 Å². The lowest BCUT2D eigenvalue weighted by Crippen LogP contribution is -2.38. The van der Waals surface area contributed by atoms with Crippen LogP contribution in [0.4, 0.5) is 11.6 Å². The van der Waals surface area contributed by atoms with Crippen LogP contribution >= 0.6 is 0 Å². The van der Waals surface area contributed by atoms with Crippen LogP contribution in [0.2, 0.25) is 0 Å². The molecule has 2 aromatic rings. The molecular weight excluding hydrogens is 380 g/mol. The van der Waals surface area contributed by atoms with Gasteiger partial charge in [0.15, 0.2) is 11.4 Å². The molecule has 1 atom stereocenters. The lowest BCUT2D eigenvalue weighted by molar-refractivity contribution is -0.117. The summed E-state index contributed by atoms with van der Waals surface area (Å²) in [6.45, 7) is 4.11. The smallest absolute Gasteiger partial charge is 0.272 e. The topological polar surface area (TPSA) is 82.8 Å². The Kier molecular flexibility index (Phi) is 6.54. The third-order valence-corrected chi connectivity index (χ3v) is 5.27. The molecule has 0 saturated heterocycles. The molecule has 1 unspecified atom stereocenters. The number of hydrogen-bond donors (Lipinski definition) is 1. The fourth-order valence-corrected chi connectivity index (χ4v) is 3.49. The minimum Gasteiger partial charge on any atom is -0.363 e. The van der Waals surface area contributed by atoms with E-state index >= 15 is 0 Å². The maximum absolute atomic E-state index is 13.2. The Bertz CT molecular complexity index is 1000. The number of fused-ring (bicyclic) bond motifs is 1. The average Bonchev–Trinajstić information content (AvgIpc) is 3.15. The van der Waals surface area contributed by atoms with Gasteiger partial charge in [-0.15, -0.1) is 5.10 Å². The zero-order valence-corrected chi connectivity index (χ0v) is 18.3. The van der Waals surface area contributed by atoms with E-state index in [1.165, 1.54) is 0 Å². The average molecular weight is 411 g/mol. The van der Waals surface area contributed by atoms with Gasteiger partial charge in [0.2, 0.25) is 5.95 Å². The monoisotopic (exact) mass is 410 g/mol. The van der Waals surface area contributed by atoms with Crippen LogP contribution in [0.1, 0.15) is 39.5 Å². The SMILES string of the molecule is CCCCC(=O)C1=C(C(=O)Nc2ccn3nc(N(C)C)nc3c2)N(C)C(CC)C=C1. The van der Waals surface area contributed by atoms with Crippen molar-refractivity contribution >= 4 is 29.0 Å². The quantitative estimate of drug-likeness (QED) is 0.720. The number of allylic oxidation sites excluding steroid dienone is 2. The first kappa shape index (κ1) is 21.5. The van der Waals surface area contributed by atoms with E-state index in [1.54, 1.807) is 22.8 Å². The summed E-state index contributed by atoms with van der Waals surface area (Å²) in [4.78, 5) is 34.2. The summed E-state index contributed by atoms with van der Waals surface area (Å²) in [6.07, 6.45) is 8.60. The Labute approximate surface area is 177 Å². The summed E-state index contributed by atoms with van der Waals surface area (Å²) < 4.78 is 1.66. The first-order valence-corrected chi connectivity index (χ1v) is 10.4. The van der Waals surface area contributed by atoms with E-state index in [2.05, 4.69) is 22.3 Å². The van der Waals surface area contributed by atoms with E-state index in [9.17, 15) is 9.59 Å². The van der Waals surface area contributed by atoms with Crippen LogP contribution in [0.3, 0.4) is 0 Å². The normalized spacial score (nSPS) is 16.3. The van der Waals surface area contributed by atoms with Gasteiger partial charge in [0.25, 0.3) is 5.91 Å². The molecular formula is C22H30N6O2. The highest BCUT2D eigenvalue weighted by Crippen LogP contribution is 2.25. The van der Waals surface area contributed by atoms with Crippen LogP contribution in [0.15, 0.2) is 41.8 Å². The number of amides is 1. The number of rotatable bonds is 8. The molecule has 1 aliphatic heterocycles. The standard InChI is InChI=1S/C22H30N6O2/c1-6-8-9-18(29)17-11-10-16(7-2)27(5)20(17)21(30)23-15-12-13-28-19(14-15)24-22(25-28)26(3)4/h10-14,16H,6-9H2,1-5H3,(H,23,30). The van der Waals surface area contributed by atoms with Gasteiger partial charge in [-0.25, -0.2) is 4.52 Å². The van der Waals surface area contributed by atoms with Gasteiger partial charge in [-0.1, -0.05) is 32.4 Å². The predicted octanol–water partition coefficient (Wildman–Crippen LogP) is 3.03. The first-order valence-electron chi connectivity index (χ1n) is 10.4. The second-order valence-corrected chi connectivity index (χ2v) is 7.71. The van der Waals surface area contributed by atoms with Crippen LogP contribution in [-0.4, -0.2) is 58.4 Å². The zero-order valence-electron chi connectivity index (χ0n) is 18.3. The number of nitrogens with zero attached hydrogens (tertiary/aromatic N) is 5. The van der Waals surface area contributed by atoms with Gasteiger partial charge >= 0.3 is 0 Å². The number of ketones is 1.